The Hall–Kier alpha value is -1.78. The van der Waals surface area contributed by atoms with E-state index in [9.17, 15) is 18.4 Å². The van der Waals surface area contributed by atoms with Crippen LogP contribution in [0, 0.1) is 11.6 Å². The fourth-order valence-electron chi connectivity index (χ4n) is 1.32. The average Bonchev–Trinajstić information content (AvgIpc) is 3.01. The third-order valence-electron chi connectivity index (χ3n) is 2.37. The lowest BCUT2D eigenvalue weighted by Gasteiger charge is -2.05. The number of halogens is 2. The van der Waals surface area contributed by atoms with Crippen LogP contribution >= 0.6 is 0 Å². The summed E-state index contributed by atoms with van der Waals surface area (Å²) in [7, 11) is 0. The van der Waals surface area contributed by atoms with E-state index >= 15 is 0 Å². The van der Waals surface area contributed by atoms with Crippen LogP contribution in [-0.4, -0.2) is 18.2 Å². The van der Waals surface area contributed by atoms with Crippen molar-refractivity contribution in [3.8, 4) is 0 Å². The molecule has 1 amide bonds. The predicted octanol–water partition coefficient (Wildman–Crippen LogP) is 1.67. The van der Waals surface area contributed by atoms with Gasteiger partial charge in [0.2, 0.25) is 0 Å². The number of benzene rings is 1. The molecule has 0 aromatic heterocycles. The van der Waals surface area contributed by atoms with Crippen LogP contribution in [0.4, 0.5) is 8.78 Å². The lowest BCUT2D eigenvalue weighted by molar-refractivity contribution is 0.0949. The molecular weight excluding hydrogens is 216 g/mol. The molecule has 5 heteroatoms. The summed E-state index contributed by atoms with van der Waals surface area (Å²) in [5.74, 6) is -2.55. The summed E-state index contributed by atoms with van der Waals surface area (Å²) in [4.78, 5) is 21.8. The van der Waals surface area contributed by atoms with E-state index in [1.54, 1.807) is 0 Å². The van der Waals surface area contributed by atoms with Crippen molar-refractivity contribution in [1.29, 1.82) is 0 Å². The van der Waals surface area contributed by atoms with Crippen LogP contribution in [0.2, 0.25) is 0 Å². The highest BCUT2D eigenvalue weighted by molar-refractivity contribution is 5.95. The predicted molar refractivity (Wildman–Crippen MR) is 52.2 cm³/mol. The lowest BCUT2D eigenvalue weighted by Crippen LogP contribution is -2.25. The molecule has 0 atom stereocenters. The molecule has 0 aliphatic heterocycles. The number of rotatable bonds is 3. The highest BCUT2D eigenvalue weighted by atomic mass is 19.1. The van der Waals surface area contributed by atoms with Gasteiger partial charge < -0.3 is 5.32 Å². The first-order chi connectivity index (χ1) is 7.61. The Bertz CT molecular complexity index is 432. The second-order valence-electron chi connectivity index (χ2n) is 3.72. The van der Waals surface area contributed by atoms with Crippen LogP contribution < -0.4 is 5.32 Å². The summed E-state index contributed by atoms with van der Waals surface area (Å²) in [6.45, 7) is 0. The number of hydrogen-bond donors (Lipinski definition) is 1. The average molecular weight is 225 g/mol. The minimum Gasteiger partial charge on any atom is -0.349 e. The van der Waals surface area contributed by atoms with Crippen molar-refractivity contribution in [3.63, 3.8) is 0 Å². The standard InChI is InChI=1S/C11H9F2NO2/c12-9-3-6(4-10(13)8(9)5-15)11(16)14-7-1-2-7/h3-5,7H,1-2H2,(H,14,16). The smallest absolute Gasteiger partial charge is 0.251 e. The highest BCUT2D eigenvalue weighted by Crippen LogP contribution is 2.20. The quantitative estimate of drug-likeness (QED) is 0.795. The first kappa shape index (κ1) is 10.7. The second kappa shape index (κ2) is 4.00. The van der Waals surface area contributed by atoms with Crippen LogP contribution in [-0.2, 0) is 0 Å². The minimum absolute atomic E-state index is 0.0905. The van der Waals surface area contributed by atoms with E-state index in [1.165, 1.54) is 0 Å². The van der Waals surface area contributed by atoms with Crippen molar-refractivity contribution >= 4 is 12.2 Å². The van der Waals surface area contributed by atoms with E-state index in [-0.39, 0.29) is 17.9 Å². The fourth-order valence-corrected chi connectivity index (χ4v) is 1.32. The maximum atomic E-state index is 13.2. The molecule has 1 aromatic rings. The van der Waals surface area contributed by atoms with Gasteiger partial charge in [-0.05, 0) is 25.0 Å². The molecule has 1 aliphatic rings. The van der Waals surface area contributed by atoms with E-state index in [1.807, 2.05) is 0 Å². The van der Waals surface area contributed by atoms with Crippen molar-refractivity contribution in [2.24, 2.45) is 0 Å². The molecule has 2 rings (SSSR count). The van der Waals surface area contributed by atoms with Gasteiger partial charge in [0.25, 0.3) is 5.91 Å². The third kappa shape index (κ3) is 2.08. The van der Waals surface area contributed by atoms with Gasteiger partial charge in [0.15, 0.2) is 6.29 Å². The van der Waals surface area contributed by atoms with Gasteiger partial charge in [0.05, 0.1) is 5.56 Å². The van der Waals surface area contributed by atoms with Crippen molar-refractivity contribution in [1.82, 2.24) is 5.32 Å². The molecule has 3 nitrogen and oxygen atoms in total. The molecule has 1 aromatic carbocycles. The van der Waals surface area contributed by atoms with Crippen LogP contribution in [0.15, 0.2) is 12.1 Å². The Morgan fingerprint density at radius 3 is 2.31 bits per heavy atom. The van der Waals surface area contributed by atoms with Crippen molar-refractivity contribution in [2.75, 3.05) is 0 Å². The topological polar surface area (TPSA) is 46.2 Å². The Balaban J connectivity index is 2.27. The molecule has 0 saturated heterocycles. The van der Waals surface area contributed by atoms with Gasteiger partial charge in [0.1, 0.15) is 11.6 Å². The van der Waals surface area contributed by atoms with E-state index < -0.39 is 23.1 Å². The van der Waals surface area contributed by atoms with Gasteiger partial charge in [-0.2, -0.15) is 0 Å². The molecule has 16 heavy (non-hydrogen) atoms. The second-order valence-corrected chi connectivity index (χ2v) is 3.72. The number of carbonyl (C=O) groups excluding carboxylic acids is 2. The molecule has 0 heterocycles. The number of amides is 1. The summed E-state index contributed by atoms with van der Waals surface area (Å²) >= 11 is 0. The fraction of sp³-hybridized carbons (Fsp3) is 0.273. The molecular formula is C11H9F2NO2. The summed E-state index contributed by atoms with van der Waals surface area (Å²) in [5.41, 5.74) is -0.754. The first-order valence-corrected chi connectivity index (χ1v) is 4.87. The monoisotopic (exact) mass is 225 g/mol. The van der Waals surface area contributed by atoms with E-state index in [4.69, 9.17) is 0 Å². The van der Waals surface area contributed by atoms with Crippen LogP contribution in [0.1, 0.15) is 33.6 Å². The number of nitrogens with one attached hydrogen (secondary N) is 1. The van der Waals surface area contributed by atoms with Gasteiger partial charge in [-0.15, -0.1) is 0 Å². The van der Waals surface area contributed by atoms with E-state index in [0.29, 0.717) is 0 Å². The maximum Gasteiger partial charge on any atom is 0.251 e. The summed E-state index contributed by atoms with van der Waals surface area (Å²) in [6, 6.07) is 1.85. The largest absolute Gasteiger partial charge is 0.349 e. The van der Waals surface area contributed by atoms with Crippen molar-refractivity contribution in [2.45, 2.75) is 18.9 Å². The summed E-state index contributed by atoms with van der Waals surface area (Å²) in [5, 5.41) is 2.60. The van der Waals surface area contributed by atoms with Gasteiger partial charge >= 0.3 is 0 Å². The summed E-state index contributed by atoms with van der Waals surface area (Å²) in [6.07, 6.45) is 1.87. The van der Waals surface area contributed by atoms with E-state index in [2.05, 4.69) is 5.32 Å². The Kier molecular flexibility index (Phi) is 2.68. The molecule has 0 radical (unpaired) electrons. The number of hydrogen-bond acceptors (Lipinski definition) is 2. The molecule has 0 bridgehead atoms. The van der Waals surface area contributed by atoms with Crippen molar-refractivity contribution in [3.05, 3.63) is 34.9 Å². The van der Waals surface area contributed by atoms with Crippen LogP contribution in [0.5, 0.6) is 0 Å². The minimum atomic E-state index is -1.02. The number of carbonyl (C=O) groups is 2. The lowest BCUT2D eigenvalue weighted by atomic mass is 10.1. The number of aldehydes is 1. The van der Waals surface area contributed by atoms with E-state index in [0.717, 1.165) is 25.0 Å². The molecule has 1 aliphatic carbocycles. The van der Waals surface area contributed by atoms with Gasteiger partial charge in [0, 0.05) is 11.6 Å². The molecule has 0 unspecified atom stereocenters. The molecule has 1 N–H and O–H groups in total. The third-order valence-corrected chi connectivity index (χ3v) is 2.37. The normalized spacial score (nSPS) is 14.6. The highest BCUT2D eigenvalue weighted by Gasteiger charge is 2.24. The molecule has 84 valence electrons. The zero-order chi connectivity index (χ0) is 11.7. The Morgan fingerprint density at radius 1 is 1.31 bits per heavy atom. The van der Waals surface area contributed by atoms with Gasteiger partial charge in [-0.3, -0.25) is 9.59 Å². The molecule has 1 saturated carbocycles. The van der Waals surface area contributed by atoms with Gasteiger partial charge in [-0.25, -0.2) is 8.78 Å². The molecule has 1 fully saturated rings. The molecule has 0 spiro atoms. The van der Waals surface area contributed by atoms with Crippen molar-refractivity contribution < 1.29 is 18.4 Å². The zero-order valence-corrected chi connectivity index (χ0v) is 8.30. The SMILES string of the molecule is O=Cc1c(F)cc(C(=O)NC2CC2)cc1F. The summed E-state index contributed by atoms with van der Waals surface area (Å²) < 4.78 is 26.3. The van der Waals surface area contributed by atoms with Crippen LogP contribution in [0.3, 0.4) is 0 Å². The first-order valence-electron chi connectivity index (χ1n) is 4.87. The van der Waals surface area contributed by atoms with Gasteiger partial charge in [-0.1, -0.05) is 0 Å². The van der Waals surface area contributed by atoms with Crippen LogP contribution in [0.25, 0.3) is 0 Å². The Labute approximate surface area is 90.5 Å². The zero-order valence-electron chi connectivity index (χ0n) is 8.30. The maximum absolute atomic E-state index is 13.2. The Morgan fingerprint density at radius 2 is 1.88 bits per heavy atom.